The molecule has 29 atom stereocenters. The largest absolute Gasteiger partial charge is 0.480 e. The number of amides is 6. The molecular weight excluding hydrogens is 1170 g/mol. The van der Waals surface area contributed by atoms with Gasteiger partial charge in [0.1, 0.15) is 128 Å². The molecule has 6 amide bonds. The Morgan fingerprint density at radius 3 is 1.68 bits per heavy atom. The van der Waals surface area contributed by atoms with Crippen LogP contribution in [0.4, 0.5) is 4.79 Å². The molecule has 0 spiro atoms. The summed E-state index contributed by atoms with van der Waals surface area (Å²) < 4.78 is 52.0. The highest BCUT2D eigenvalue weighted by Gasteiger charge is 2.57. The standard InChI is InChI=1S/C48H78N6O30S/c1-14(59)49-27-32(66)39(20(10-57)77-42(27)53-25(62)7-16(43(73)74)51-24(61)6-4-3-5-23-26-17(13-85-23)52-48(75)54-26)82-44-28(50-15(2)60)33(67)40(21(11-58)80-44)83-47-38(72)41(84-46-37(71)35(69)30(64)19(9-56)79-46)31(65)22(81-47)12-76-45-36(70)34(68)29(63)18(8-55)78-45/h16-23,26-42,44-47,55-58,63-72H,3-13H2,1-2H3,(H,49,59)(H,50,60)(H,51,61)(H,53,62)(H,73,74)(H2,52,54,75)/t16?,17?,18?,19?,20?,21?,22?,23?,26?,27?,28?,29-,30-,31-,32-,33-,34?,35?,36-,37?,38?,39-,40-,41+,42-,44+,45-,46-,47+/m1/s1. The van der Waals surface area contributed by atoms with Crippen molar-refractivity contribution in [3.8, 4) is 0 Å². The molecule has 7 saturated heterocycles. The Kier molecular flexibility index (Phi) is 24.6. The molecule has 486 valence electrons. The predicted molar refractivity (Wildman–Crippen MR) is 274 cm³/mol. The maximum absolute atomic E-state index is 13.5. The Labute approximate surface area is 487 Å². The van der Waals surface area contributed by atoms with Crippen LogP contribution in [0.1, 0.15) is 46.0 Å². The lowest BCUT2D eigenvalue weighted by atomic mass is 9.93. The molecule has 7 fully saturated rings. The summed E-state index contributed by atoms with van der Waals surface area (Å²) >= 11 is 1.69. The van der Waals surface area contributed by atoms with Crippen molar-refractivity contribution in [1.29, 1.82) is 0 Å². The lowest BCUT2D eigenvalue weighted by Crippen LogP contribution is -2.71. The molecule has 7 aliphatic heterocycles. The number of thioether (sulfide) groups is 1. The normalized spacial score (nSPS) is 43.1. The Morgan fingerprint density at radius 2 is 1.08 bits per heavy atom. The minimum absolute atomic E-state index is 0.00921. The van der Waals surface area contributed by atoms with Crippen molar-refractivity contribution in [2.75, 3.05) is 38.8 Å². The Morgan fingerprint density at radius 1 is 0.565 bits per heavy atom. The maximum Gasteiger partial charge on any atom is 0.326 e. The van der Waals surface area contributed by atoms with Gasteiger partial charge in [-0.1, -0.05) is 6.42 Å². The van der Waals surface area contributed by atoms with Gasteiger partial charge in [0.15, 0.2) is 31.4 Å². The number of hydrogen-bond acceptors (Lipinski definition) is 30. The topological polar surface area (TPSA) is 561 Å². The number of aliphatic carboxylic acids is 1. The maximum atomic E-state index is 13.5. The molecule has 36 nitrogen and oxygen atoms in total. The number of rotatable bonds is 25. The average molecular weight is 1250 g/mol. The summed E-state index contributed by atoms with van der Waals surface area (Å²) in [4.78, 5) is 75.7. The third-order valence-corrected chi connectivity index (χ3v) is 17.0. The zero-order chi connectivity index (χ0) is 62.3. The van der Waals surface area contributed by atoms with E-state index in [1.807, 2.05) is 0 Å². The summed E-state index contributed by atoms with van der Waals surface area (Å²) in [5.74, 6) is -4.28. The van der Waals surface area contributed by atoms with E-state index in [-0.39, 0.29) is 29.8 Å². The zero-order valence-corrected chi connectivity index (χ0v) is 46.6. The lowest BCUT2D eigenvalue weighted by molar-refractivity contribution is -0.383. The number of carboxylic acid groups (broad SMARTS) is 1. The monoisotopic (exact) mass is 1250 g/mol. The zero-order valence-electron chi connectivity index (χ0n) is 45.8. The first-order chi connectivity index (χ1) is 40.3. The number of carbonyl (C=O) groups excluding carboxylic acids is 5. The number of unbranched alkanes of at least 4 members (excludes halogenated alkanes) is 1. The highest BCUT2D eigenvalue weighted by atomic mass is 32.2. The number of aliphatic hydroxyl groups is 14. The van der Waals surface area contributed by atoms with E-state index in [4.69, 9.17) is 42.6 Å². The highest BCUT2D eigenvalue weighted by molar-refractivity contribution is 8.00. The second-order valence-corrected chi connectivity index (χ2v) is 22.9. The van der Waals surface area contributed by atoms with Crippen molar-refractivity contribution in [1.82, 2.24) is 31.9 Å². The van der Waals surface area contributed by atoms with Crippen molar-refractivity contribution >= 4 is 47.4 Å². The molecule has 7 aliphatic rings. The van der Waals surface area contributed by atoms with Gasteiger partial charge in [0.05, 0.1) is 51.5 Å². The molecular formula is C48H78N6O30S. The smallest absolute Gasteiger partial charge is 0.326 e. The molecule has 0 radical (unpaired) electrons. The fourth-order valence-electron chi connectivity index (χ4n) is 11.0. The van der Waals surface area contributed by atoms with Gasteiger partial charge in [0.25, 0.3) is 0 Å². The van der Waals surface area contributed by atoms with Crippen molar-refractivity contribution in [3.05, 3.63) is 0 Å². The molecule has 7 rings (SSSR count). The molecule has 0 saturated carbocycles. The van der Waals surface area contributed by atoms with Crippen LogP contribution in [0.15, 0.2) is 0 Å². The van der Waals surface area contributed by atoms with Gasteiger partial charge < -0.3 is 151 Å². The van der Waals surface area contributed by atoms with Crippen LogP contribution in [-0.2, 0) is 66.6 Å². The summed E-state index contributed by atoms with van der Waals surface area (Å²) in [5.41, 5.74) is 0. The first-order valence-corrected chi connectivity index (χ1v) is 28.5. The molecule has 15 unspecified atom stereocenters. The lowest BCUT2D eigenvalue weighted by Gasteiger charge is -2.50. The van der Waals surface area contributed by atoms with Crippen LogP contribution in [0.3, 0.4) is 0 Å². The molecule has 0 aliphatic carbocycles. The molecule has 0 aromatic heterocycles. The van der Waals surface area contributed by atoms with Gasteiger partial charge in [-0.2, -0.15) is 11.8 Å². The van der Waals surface area contributed by atoms with E-state index in [0.29, 0.717) is 19.3 Å². The SMILES string of the molecule is CC(=O)NC1[C@H](O[C@@H]2C(CO)O[C@@H](NC(=O)CC(NC(=O)CCCCC3SCC4NC(=O)NC43)C(=O)O)C(NC(C)=O)[C@H]2O)OC(CO)[C@@H](O[C@@H]2OC(CO[C@@H]3OC(CO)[C@@H](O)C(O)[C@H]3O)[C@@H](O)[C@H](O[C@H]3OC(CO)[C@@H](O)C(O)C3O)C2O)[C@@H]1O. The summed E-state index contributed by atoms with van der Waals surface area (Å²) in [6.45, 7) is -2.79. The fourth-order valence-corrected chi connectivity index (χ4v) is 12.6. The highest BCUT2D eigenvalue weighted by Crippen LogP contribution is 2.36. The molecule has 21 N–H and O–H groups in total. The van der Waals surface area contributed by atoms with Gasteiger partial charge in [0.2, 0.25) is 23.6 Å². The van der Waals surface area contributed by atoms with Gasteiger partial charge in [-0.25, -0.2) is 9.59 Å². The number of ether oxygens (including phenoxy) is 9. The molecule has 7 heterocycles. The van der Waals surface area contributed by atoms with E-state index in [1.54, 1.807) is 11.8 Å². The molecule has 85 heavy (non-hydrogen) atoms. The van der Waals surface area contributed by atoms with Crippen LogP contribution in [0.25, 0.3) is 0 Å². The van der Waals surface area contributed by atoms with Crippen molar-refractivity contribution in [2.24, 2.45) is 0 Å². The Bertz CT molecular complexity index is 2250. The second-order valence-electron chi connectivity index (χ2n) is 21.6. The van der Waals surface area contributed by atoms with Crippen molar-refractivity contribution in [2.45, 2.75) is 223 Å². The number of urea groups is 1. The van der Waals surface area contributed by atoms with Gasteiger partial charge in [-0.15, -0.1) is 0 Å². The molecule has 0 aromatic rings. The number of nitrogens with one attached hydrogen (secondary N) is 6. The summed E-state index contributed by atoms with van der Waals surface area (Å²) in [6.07, 6.45) is -43.5. The number of carbonyl (C=O) groups is 6. The molecule has 0 aromatic carbocycles. The van der Waals surface area contributed by atoms with Crippen molar-refractivity contribution < 1.29 is 148 Å². The first kappa shape index (κ1) is 68.5. The van der Waals surface area contributed by atoms with E-state index in [2.05, 4.69) is 31.9 Å². The van der Waals surface area contributed by atoms with E-state index in [9.17, 15) is 105 Å². The van der Waals surface area contributed by atoms with Gasteiger partial charge >= 0.3 is 12.0 Å². The summed E-state index contributed by atoms with van der Waals surface area (Å²) in [7, 11) is 0. The Balaban J connectivity index is 1.03. The van der Waals surface area contributed by atoms with Gasteiger partial charge in [-0.3, -0.25) is 19.2 Å². The predicted octanol–water partition coefficient (Wildman–Crippen LogP) is -11.8. The number of carboxylic acids is 1. The van der Waals surface area contributed by atoms with Crippen LogP contribution >= 0.6 is 11.8 Å². The first-order valence-electron chi connectivity index (χ1n) is 27.4. The van der Waals surface area contributed by atoms with E-state index in [0.717, 1.165) is 19.6 Å². The quantitative estimate of drug-likeness (QED) is 0.0298. The minimum atomic E-state index is -2.26. The average Bonchev–Trinajstić information content (AvgIpc) is 4.16. The van der Waals surface area contributed by atoms with Gasteiger partial charge in [0, 0.05) is 31.3 Å². The van der Waals surface area contributed by atoms with Crippen LogP contribution in [-0.4, -0.2) is 328 Å². The van der Waals surface area contributed by atoms with Crippen LogP contribution in [0.2, 0.25) is 0 Å². The fraction of sp³-hybridized carbons (Fsp3) is 0.875. The Hall–Kier alpha value is -3.95. The second kappa shape index (κ2) is 30.5. The number of hydrogen-bond donors (Lipinski definition) is 21. The van der Waals surface area contributed by atoms with E-state index >= 15 is 0 Å². The van der Waals surface area contributed by atoms with Crippen LogP contribution in [0.5, 0.6) is 0 Å². The number of fused-ring (bicyclic) bond motifs is 1. The molecule has 0 bridgehead atoms. The van der Waals surface area contributed by atoms with E-state index < -0.39 is 228 Å². The third-order valence-electron chi connectivity index (χ3n) is 15.5. The third kappa shape index (κ3) is 16.3. The summed E-state index contributed by atoms with van der Waals surface area (Å²) in [5, 5.41) is 176. The minimum Gasteiger partial charge on any atom is -0.480 e. The summed E-state index contributed by atoms with van der Waals surface area (Å²) in [6, 6.07) is -5.54. The van der Waals surface area contributed by atoms with Gasteiger partial charge in [-0.05, 0) is 12.8 Å². The van der Waals surface area contributed by atoms with Crippen molar-refractivity contribution in [3.63, 3.8) is 0 Å². The number of aliphatic hydroxyl groups excluding tert-OH is 14. The van der Waals surface area contributed by atoms with E-state index in [1.165, 1.54) is 0 Å². The van der Waals surface area contributed by atoms with Crippen LogP contribution in [0, 0.1) is 0 Å². The molecule has 37 heteroatoms. The van der Waals surface area contributed by atoms with Crippen LogP contribution < -0.4 is 31.9 Å².